The minimum Gasteiger partial charge on any atom is -0.496 e. The molecule has 0 amide bonds. The van der Waals surface area contributed by atoms with Crippen molar-refractivity contribution in [3.63, 3.8) is 0 Å². The summed E-state index contributed by atoms with van der Waals surface area (Å²) in [5, 5.41) is 0. The SMILES string of the molecule is COc1cc(OCCC/C=C/C[Si](C)(C)C)c(OC)cc1C. The molecule has 0 saturated carbocycles. The van der Waals surface area contributed by atoms with Gasteiger partial charge >= 0.3 is 0 Å². The van der Waals surface area contributed by atoms with E-state index in [9.17, 15) is 0 Å². The maximum Gasteiger partial charge on any atom is 0.164 e. The van der Waals surface area contributed by atoms with E-state index in [1.54, 1.807) is 14.2 Å². The molecule has 0 N–H and O–H groups in total. The van der Waals surface area contributed by atoms with E-state index in [1.165, 1.54) is 6.04 Å². The number of benzene rings is 1. The van der Waals surface area contributed by atoms with Gasteiger partial charge in [-0.15, -0.1) is 0 Å². The molecule has 0 radical (unpaired) electrons. The number of aryl methyl sites for hydroxylation is 1. The van der Waals surface area contributed by atoms with Crippen LogP contribution < -0.4 is 14.2 Å². The second-order valence-electron chi connectivity index (χ2n) is 6.70. The van der Waals surface area contributed by atoms with Gasteiger partial charge in [0.25, 0.3) is 0 Å². The minimum absolute atomic E-state index is 0.680. The topological polar surface area (TPSA) is 27.7 Å². The summed E-state index contributed by atoms with van der Waals surface area (Å²) in [4.78, 5) is 0. The molecule has 0 atom stereocenters. The lowest BCUT2D eigenvalue weighted by atomic mass is 10.2. The summed E-state index contributed by atoms with van der Waals surface area (Å²) in [5.74, 6) is 2.33. The van der Waals surface area contributed by atoms with Gasteiger partial charge in [-0.2, -0.15) is 0 Å². The highest BCUT2D eigenvalue weighted by Gasteiger charge is 2.10. The molecule has 0 saturated heterocycles. The van der Waals surface area contributed by atoms with Crippen molar-refractivity contribution in [2.24, 2.45) is 0 Å². The Morgan fingerprint density at radius 1 is 0.955 bits per heavy atom. The van der Waals surface area contributed by atoms with Crippen LogP contribution in [-0.4, -0.2) is 28.9 Å². The summed E-state index contributed by atoms with van der Waals surface area (Å²) in [7, 11) is 2.37. The monoisotopic (exact) mass is 322 g/mol. The molecule has 0 fully saturated rings. The van der Waals surface area contributed by atoms with Gasteiger partial charge in [0.1, 0.15) is 5.75 Å². The third-order valence-electron chi connectivity index (χ3n) is 3.35. The fourth-order valence-electron chi connectivity index (χ4n) is 2.07. The third-order valence-corrected chi connectivity index (χ3v) is 4.81. The van der Waals surface area contributed by atoms with Crippen LogP contribution >= 0.6 is 0 Å². The third kappa shape index (κ3) is 6.56. The maximum absolute atomic E-state index is 5.84. The minimum atomic E-state index is -0.955. The van der Waals surface area contributed by atoms with Crippen molar-refractivity contribution in [1.29, 1.82) is 0 Å². The first-order chi connectivity index (χ1) is 10.4. The number of hydrogen-bond donors (Lipinski definition) is 0. The zero-order chi connectivity index (χ0) is 16.6. The number of allylic oxidation sites excluding steroid dienone is 2. The molecular formula is C18H30O3Si. The van der Waals surface area contributed by atoms with Gasteiger partial charge in [-0.25, -0.2) is 0 Å². The molecule has 0 aromatic heterocycles. The Morgan fingerprint density at radius 2 is 1.64 bits per heavy atom. The van der Waals surface area contributed by atoms with E-state index < -0.39 is 8.07 Å². The van der Waals surface area contributed by atoms with E-state index in [-0.39, 0.29) is 0 Å². The first kappa shape index (κ1) is 18.6. The summed E-state index contributed by atoms with van der Waals surface area (Å²) < 4.78 is 16.5. The lowest BCUT2D eigenvalue weighted by Gasteiger charge is -2.14. The Labute approximate surface area is 136 Å². The Morgan fingerprint density at radius 3 is 2.23 bits per heavy atom. The van der Waals surface area contributed by atoms with Gasteiger partial charge in [0.15, 0.2) is 11.5 Å². The van der Waals surface area contributed by atoms with Crippen molar-refractivity contribution in [2.75, 3.05) is 20.8 Å². The molecule has 1 rings (SSSR count). The Balaban J connectivity index is 2.45. The van der Waals surface area contributed by atoms with Crippen molar-refractivity contribution < 1.29 is 14.2 Å². The molecule has 0 heterocycles. The molecule has 0 bridgehead atoms. The first-order valence-electron chi connectivity index (χ1n) is 7.88. The van der Waals surface area contributed by atoms with Crippen molar-refractivity contribution in [3.8, 4) is 17.2 Å². The van der Waals surface area contributed by atoms with E-state index in [0.717, 1.165) is 35.7 Å². The number of hydrogen-bond acceptors (Lipinski definition) is 3. The van der Waals surface area contributed by atoms with Gasteiger partial charge in [-0.3, -0.25) is 0 Å². The molecule has 0 aliphatic rings. The quantitative estimate of drug-likeness (QED) is 0.361. The van der Waals surface area contributed by atoms with Crippen LogP contribution in [0.1, 0.15) is 18.4 Å². The Kier molecular flexibility index (Phi) is 7.52. The predicted octanol–water partition coefficient (Wildman–Crippen LogP) is 5.07. The van der Waals surface area contributed by atoms with Crippen LogP contribution in [0.2, 0.25) is 25.7 Å². The van der Waals surface area contributed by atoms with Gasteiger partial charge in [0.05, 0.1) is 20.8 Å². The van der Waals surface area contributed by atoms with Crippen molar-refractivity contribution in [3.05, 3.63) is 29.8 Å². The van der Waals surface area contributed by atoms with E-state index in [0.29, 0.717) is 6.61 Å². The molecular weight excluding hydrogens is 292 g/mol. The van der Waals surface area contributed by atoms with Gasteiger partial charge in [-0.1, -0.05) is 31.8 Å². The van der Waals surface area contributed by atoms with E-state index in [4.69, 9.17) is 14.2 Å². The summed E-state index contributed by atoms with van der Waals surface area (Å²) in [6.07, 6.45) is 6.65. The van der Waals surface area contributed by atoms with Crippen LogP contribution in [0.25, 0.3) is 0 Å². The van der Waals surface area contributed by atoms with Crippen molar-refractivity contribution >= 4 is 8.07 Å². The van der Waals surface area contributed by atoms with Crippen molar-refractivity contribution in [1.82, 2.24) is 0 Å². The van der Waals surface area contributed by atoms with Gasteiger partial charge in [-0.05, 0) is 37.4 Å². The molecule has 124 valence electrons. The molecule has 1 aromatic carbocycles. The molecule has 0 aliphatic heterocycles. The van der Waals surface area contributed by atoms with Gasteiger partial charge < -0.3 is 14.2 Å². The summed E-state index contributed by atoms with van der Waals surface area (Å²) in [5.41, 5.74) is 1.04. The second-order valence-corrected chi connectivity index (χ2v) is 12.2. The van der Waals surface area contributed by atoms with Crippen LogP contribution in [0.5, 0.6) is 17.2 Å². The van der Waals surface area contributed by atoms with Gasteiger partial charge in [0.2, 0.25) is 0 Å². The average molecular weight is 323 g/mol. The largest absolute Gasteiger partial charge is 0.496 e. The van der Waals surface area contributed by atoms with Gasteiger partial charge in [0, 0.05) is 14.1 Å². The number of methoxy groups -OCH3 is 2. The smallest absolute Gasteiger partial charge is 0.164 e. The molecule has 0 spiro atoms. The molecule has 22 heavy (non-hydrogen) atoms. The van der Waals surface area contributed by atoms with Crippen LogP contribution in [0.15, 0.2) is 24.3 Å². The second kappa shape index (κ2) is 8.88. The van der Waals surface area contributed by atoms with E-state index in [1.807, 2.05) is 19.1 Å². The van der Waals surface area contributed by atoms with Crippen LogP contribution in [-0.2, 0) is 0 Å². The molecule has 3 nitrogen and oxygen atoms in total. The zero-order valence-electron chi connectivity index (χ0n) is 14.9. The lowest BCUT2D eigenvalue weighted by molar-refractivity contribution is 0.287. The van der Waals surface area contributed by atoms with Crippen molar-refractivity contribution in [2.45, 2.75) is 45.5 Å². The number of ether oxygens (including phenoxy) is 3. The van der Waals surface area contributed by atoms with Crippen LogP contribution in [0.4, 0.5) is 0 Å². The lowest BCUT2D eigenvalue weighted by Crippen LogP contribution is -2.17. The molecule has 1 aromatic rings. The summed E-state index contributed by atoms with van der Waals surface area (Å²) in [6.45, 7) is 9.83. The molecule has 4 heteroatoms. The fourth-order valence-corrected chi connectivity index (χ4v) is 2.95. The van der Waals surface area contributed by atoms with E-state index >= 15 is 0 Å². The molecule has 0 aliphatic carbocycles. The maximum atomic E-state index is 5.84. The van der Waals surface area contributed by atoms with E-state index in [2.05, 4.69) is 31.8 Å². The summed E-state index contributed by atoms with van der Waals surface area (Å²) >= 11 is 0. The zero-order valence-corrected chi connectivity index (χ0v) is 15.9. The first-order valence-corrected chi connectivity index (χ1v) is 11.6. The fraction of sp³-hybridized carbons (Fsp3) is 0.556. The highest BCUT2D eigenvalue weighted by molar-refractivity contribution is 6.76. The highest BCUT2D eigenvalue weighted by Crippen LogP contribution is 2.34. The van der Waals surface area contributed by atoms with Crippen LogP contribution in [0.3, 0.4) is 0 Å². The summed E-state index contributed by atoms with van der Waals surface area (Å²) in [6, 6.07) is 5.09. The number of unbranched alkanes of at least 4 members (excludes halogenated alkanes) is 1. The Bertz CT molecular complexity index is 490. The highest BCUT2D eigenvalue weighted by atomic mass is 28.3. The Hall–Kier alpha value is -1.42. The average Bonchev–Trinajstić information content (AvgIpc) is 2.45. The predicted molar refractivity (Wildman–Crippen MR) is 96.3 cm³/mol. The molecule has 0 unspecified atom stereocenters. The standard InChI is InChI=1S/C18H30O3Si/c1-15-13-17(20-3)18(14-16(15)19-2)21-11-9-7-8-10-12-22(4,5)6/h8,10,13-14H,7,9,11-12H2,1-6H3/b10-8+. The number of rotatable bonds is 9. The normalized spacial score (nSPS) is 11.7. The van der Waals surface area contributed by atoms with Crippen LogP contribution in [0, 0.1) is 6.92 Å².